The molecule has 3 aliphatic heterocycles. The highest BCUT2D eigenvalue weighted by atomic mass is 35.5. The van der Waals surface area contributed by atoms with Crippen LogP contribution in [-0.2, 0) is 31.3 Å². The van der Waals surface area contributed by atoms with Crippen LogP contribution in [0.3, 0.4) is 0 Å². The summed E-state index contributed by atoms with van der Waals surface area (Å²) in [6.07, 6.45) is 11.9. The lowest BCUT2D eigenvalue weighted by atomic mass is 9.68. The number of ether oxygens (including phenoxy) is 3. The van der Waals surface area contributed by atoms with Crippen molar-refractivity contribution in [2.75, 3.05) is 38.3 Å². The zero-order valence-corrected chi connectivity index (χ0v) is 29.0. The standard InChI is InChI=1S/C37H47ClN2O6S/c1-24-6-3-9-33(44-2)30-13-10-27(30)21-40-22-37(16-4-7-25-18-28(38)12-14-31(25)37)23-46-34-15-11-26(19-32(34)40)36(41)39-47(42,43)35(24)20-29-8-5-17-45-29/h3,9,11-12,14-15,18-19,24,27,29-30,33,35H,4-8,10,13,16-17,20-23H2,1-2H3,(H,39,41)/b9-3+/t24-,27-,29+,30+,33-,35+,37-/m0/s1. The molecule has 1 N–H and O–H groups in total. The van der Waals surface area contributed by atoms with Crippen LogP contribution in [0.15, 0.2) is 48.6 Å². The highest BCUT2D eigenvalue weighted by Gasteiger charge is 2.45. The molecule has 2 aromatic rings. The fraction of sp³-hybridized carbons (Fsp3) is 0.595. The van der Waals surface area contributed by atoms with E-state index < -0.39 is 21.2 Å². The van der Waals surface area contributed by atoms with Crippen LogP contribution in [0.25, 0.3) is 0 Å². The van der Waals surface area contributed by atoms with Crippen molar-refractivity contribution in [2.24, 2.45) is 17.8 Å². The van der Waals surface area contributed by atoms with Gasteiger partial charge in [0, 0.05) is 42.8 Å². The first-order valence-corrected chi connectivity index (χ1v) is 19.3. The highest BCUT2D eigenvalue weighted by Crippen LogP contribution is 2.47. The minimum Gasteiger partial charge on any atom is -0.490 e. The van der Waals surface area contributed by atoms with Crippen molar-refractivity contribution in [3.8, 4) is 5.75 Å². The third-order valence-corrected chi connectivity index (χ3v) is 13.7. The summed E-state index contributed by atoms with van der Waals surface area (Å²) in [4.78, 5) is 16.2. The fourth-order valence-corrected chi connectivity index (χ4v) is 10.7. The summed E-state index contributed by atoms with van der Waals surface area (Å²) in [7, 11) is -2.24. The van der Waals surface area contributed by atoms with Crippen LogP contribution < -0.4 is 14.4 Å². The number of fused-ring (bicyclic) bond motifs is 4. The molecule has 1 saturated heterocycles. The molecule has 1 amide bonds. The molecule has 254 valence electrons. The number of carbonyl (C=O) groups excluding carboxylic acids is 1. The van der Waals surface area contributed by atoms with Crippen molar-refractivity contribution >= 4 is 33.2 Å². The topological polar surface area (TPSA) is 94.2 Å². The van der Waals surface area contributed by atoms with E-state index in [1.807, 2.05) is 25.1 Å². The number of nitrogens with zero attached hydrogens (tertiary/aromatic N) is 1. The maximum atomic E-state index is 13.9. The molecule has 0 unspecified atom stereocenters. The lowest BCUT2D eigenvalue weighted by molar-refractivity contribution is 0.0131. The molecule has 7 rings (SSSR count). The van der Waals surface area contributed by atoms with E-state index in [9.17, 15) is 13.2 Å². The van der Waals surface area contributed by atoms with Crippen molar-refractivity contribution in [2.45, 2.75) is 87.6 Å². The van der Waals surface area contributed by atoms with E-state index in [0.29, 0.717) is 49.2 Å². The Morgan fingerprint density at radius 3 is 2.77 bits per heavy atom. The van der Waals surface area contributed by atoms with E-state index in [-0.39, 0.29) is 23.5 Å². The quantitative estimate of drug-likeness (QED) is 0.372. The number of halogens is 1. The molecule has 8 nitrogen and oxygen atoms in total. The molecule has 2 aromatic carbocycles. The first-order valence-electron chi connectivity index (χ1n) is 17.3. The van der Waals surface area contributed by atoms with Gasteiger partial charge in [-0.05, 0) is 117 Å². The van der Waals surface area contributed by atoms with Crippen molar-refractivity contribution in [3.63, 3.8) is 0 Å². The van der Waals surface area contributed by atoms with E-state index in [2.05, 4.69) is 33.9 Å². The van der Waals surface area contributed by atoms with Gasteiger partial charge in [-0.1, -0.05) is 36.7 Å². The monoisotopic (exact) mass is 682 g/mol. The van der Waals surface area contributed by atoms with Gasteiger partial charge in [0.05, 0.1) is 29.8 Å². The summed E-state index contributed by atoms with van der Waals surface area (Å²) in [5.41, 5.74) is 3.46. The molecular formula is C37H47ClN2O6S. The molecule has 1 saturated carbocycles. The van der Waals surface area contributed by atoms with Crippen LogP contribution >= 0.6 is 11.6 Å². The summed E-state index contributed by atoms with van der Waals surface area (Å²) in [5.74, 6) is 0.628. The Hall–Kier alpha value is -2.59. The number of carbonyl (C=O) groups is 1. The molecular weight excluding hydrogens is 636 g/mol. The van der Waals surface area contributed by atoms with E-state index in [1.165, 1.54) is 11.1 Å². The van der Waals surface area contributed by atoms with Crippen LogP contribution in [0, 0.1) is 17.8 Å². The normalized spacial score (nSPS) is 34.3. The van der Waals surface area contributed by atoms with Crippen LogP contribution in [0.4, 0.5) is 5.69 Å². The Morgan fingerprint density at radius 1 is 1.13 bits per heavy atom. The summed E-state index contributed by atoms with van der Waals surface area (Å²) in [6, 6.07) is 11.6. The van der Waals surface area contributed by atoms with E-state index >= 15 is 0 Å². The Morgan fingerprint density at radius 2 is 2.00 bits per heavy atom. The predicted octanol–water partition coefficient (Wildman–Crippen LogP) is 6.45. The number of allylic oxidation sites excluding steroid dienone is 1. The first kappa shape index (κ1) is 32.9. The average Bonchev–Trinajstić information content (AvgIpc) is 3.51. The molecule has 0 radical (unpaired) electrons. The maximum Gasteiger partial charge on any atom is 0.264 e. The number of methoxy groups -OCH3 is 1. The smallest absolute Gasteiger partial charge is 0.264 e. The van der Waals surface area contributed by atoms with Gasteiger partial charge in [0.15, 0.2) is 0 Å². The number of hydrogen-bond donors (Lipinski definition) is 1. The van der Waals surface area contributed by atoms with Crippen LogP contribution in [0.5, 0.6) is 5.75 Å². The maximum absolute atomic E-state index is 13.9. The minimum atomic E-state index is -4.01. The van der Waals surface area contributed by atoms with Gasteiger partial charge in [0.2, 0.25) is 10.0 Å². The van der Waals surface area contributed by atoms with Gasteiger partial charge in [-0.3, -0.25) is 4.79 Å². The van der Waals surface area contributed by atoms with Gasteiger partial charge in [0.25, 0.3) is 5.91 Å². The number of rotatable bonds is 3. The van der Waals surface area contributed by atoms with E-state index in [4.69, 9.17) is 25.8 Å². The molecule has 2 aliphatic carbocycles. The third-order valence-electron chi connectivity index (χ3n) is 11.5. The molecule has 5 aliphatic rings. The van der Waals surface area contributed by atoms with Crippen LogP contribution in [-0.4, -0.2) is 65.2 Å². The van der Waals surface area contributed by atoms with Gasteiger partial charge in [-0.25, -0.2) is 13.1 Å². The minimum absolute atomic E-state index is 0.0534. The molecule has 3 heterocycles. The number of benzene rings is 2. The number of hydrogen-bond acceptors (Lipinski definition) is 7. The Balaban J connectivity index is 1.28. The fourth-order valence-electron chi connectivity index (χ4n) is 8.79. The van der Waals surface area contributed by atoms with Crippen molar-refractivity contribution in [3.05, 3.63) is 70.3 Å². The first-order chi connectivity index (χ1) is 22.7. The molecule has 10 heteroatoms. The summed E-state index contributed by atoms with van der Waals surface area (Å²) < 4.78 is 48.9. The number of amides is 1. The summed E-state index contributed by atoms with van der Waals surface area (Å²) in [5, 5.41) is -0.0254. The van der Waals surface area contributed by atoms with Gasteiger partial charge in [-0.2, -0.15) is 0 Å². The largest absolute Gasteiger partial charge is 0.490 e. The van der Waals surface area contributed by atoms with E-state index in [1.54, 1.807) is 13.2 Å². The lowest BCUT2D eigenvalue weighted by Gasteiger charge is -2.46. The predicted molar refractivity (Wildman–Crippen MR) is 184 cm³/mol. The molecule has 7 atom stereocenters. The Labute approximate surface area is 284 Å². The number of anilines is 1. The molecule has 0 aromatic heterocycles. The van der Waals surface area contributed by atoms with E-state index in [0.717, 1.165) is 68.7 Å². The second kappa shape index (κ2) is 13.4. The van der Waals surface area contributed by atoms with Gasteiger partial charge < -0.3 is 19.1 Å². The van der Waals surface area contributed by atoms with Crippen molar-refractivity contribution < 1.29 is 27.4 Å². The second-order valence-electron chi connectivity index (χ2n) is 14.5. The Kier molecular flexibility index (Phi) is 9.37. The number of sulfonamides is 1. The SMILES string of the molecule is CO[C@H]1/C=C/C[C@H](C)[C@@H](C[C@H]2CCCO2)S(=O)(=O)NC(=O)c2ccc3c(c2)N(C[C@@H]2CC[C@H]21)C[C@@]1(CCCc2cc(Cl)ccc21)CO3. The van der Waals surface area contributed by atoms with Gasteiger partial charge in [-0.15, -0.1) is 0 Å². The molecule has 47 heavy (non-hydrogen) atoms. The van der Waals surface area contributed by atoms with Gasteiger partial charge in [0.1, 0.15) is 5.75 Å². The number of nitrogens with one attached hydrogen (secondary N) is 1. The van der Waals surface area contributed by atoms with Crippen molar-refractivity contribution in [1.29, 1.82) is 0 Å². The Bertz CT molecular complexity index is 1620. The second-order valence-corrected chi connectivity index (χ2v) is 16.9. The third kappa shape index (κ3) is 6.57. The zero-order valence-electron chi connectivity index (χ0n) is 27.5. The lowest BCUT2D eigenvalue weighted by Crippen LogP contribution is -2.49. The average molecular weight is 683 g/mol. The van der Waals surface area contributed by atoms with Gasteiger partial charge >= 0.3 is 0 Å². The highest BCUT2D eigenvalue weighted by molar-refractivity contribution is 7.90. The van der Waals surface area contributed by atoms with Crippen LogP contribution in [0.1, 0.15) is 79.8 Å². The summed E-state index contributed by atoms with van der Waals surface area (Å²) in [6.45, 7) is 4.64. The number of aryl methyl sites for hydroxylation is 1. The molecule has 2 fully saturated rings. The molecule has 1 spiro atoms. The zero-order chi connectivity index (χ0) is 32.8. The van der Waals surface area contributed by atoms with Crippen LogP contribution in [0.2, 0.25) is 5.02 Å². The summed E-state index contributed by atoms with van der Waals surface area (Å²) >= 11 is 6.44. The molecule has 2 bridgehead atoms. The van der Waals surface area contributed by atoms with Crippen molar-refractivity contribution in [1.82, 2.24) is 4.72 Å².